The molecular formula is C13H10Cl2N4O2S2. The molecule has 2 N–H and O–H groups in total. The van der Waals surface area contributed by atoms with Crippen LogP contribution >= 0.6 is 46.3 Å². The zero-order valence-corrected chi connectivity index (χ0v) is 14.7. The maximum Gasteiger partial charge on any atom is 0.227 e. The second kappa shape index (κ2) is 6.96. The Morgan fingerprint density at radius 2 is 2.35 bits per heavy atom. The number of nitrogens with zero attached hydrogens (tertiary/aromatic N) is 3. The molecule has 0 saturated carbocycles. The Morgan fingerprint density at radius 1 is 1.52 bits per heavy atom. The van der Waals surface area contributed by atoms with Crippen molar-refractivity contribution in [1.82, 2.24) is 4.98 Å². The Bertz CT molecular complexity index is 783. The topological polar surface area (TPSA) is 82.1 Å². The largest absolute Gasteiger partial charge is 0.477 e. The molecule has 6 nitrogen and oxygen atoms in total. The Balaban J connectivity index is 1.99. The van der Waals surface area contributed by atoms with Crippen molar-refractivity contribution < 1.29 is 9.47 Å². The van der Waals surface area contributed by atoms with Crippen LogP contribution in [0.4, 0.5) is 5.82 Å². The number of thiazole rings is 1. The van der Waals surface area contributed by atoms with E-state index in [4.69, 9.17) is 38.4 Å². The van der Waals surface area contributed by atoms with Gasteiger partial charge < -0.3 is 15.2 Å². The third-order valence-corrected chi connectivity index (χ3v) is 4.83. The highest BCUT2D eigenvalue weighted by atomic mass is 35.5. The Kier molecular flexibility index (Phi) is 4.96. The first-order chi connectivity index (χ1) is 11.1. The molecule has 10 heteroatoms. The van der Waals surface area contributed by atoms with Crippen molar-refractivity contribution in [3.05, 3.63) is 39.2 Å². The number of ether oxygens (including phenoxy) is 2. The molecular weight excluding hydrogens is 379 g/mol. The van der Waals surface area contributed by atoms with Crippen molar-refractivity contribution in [1.29, 1.82) is 0 Å². The summed E-state index contributed by atoms with van der Waals surface area (Å²) in [6, 6.07) is 0. The minimum absolute atomic E-state index is 0.125. The molecule has 0 spiro atoms. The van der Waals surface area contributed by atoms with E-state index in [1.165, 1.54) is 23.1 Å². The van der Waals surface area contributed by atoms with Gasteiger partial charge in [-0.3, -0.25) is 0 Å². The molecule has 0 aromatic carbocycles. The molecule has 0 fully saturated rings. The van der Waals surface area contributed by atoms with Crippen LogP contribution in [0, 0.1) is 0 Å². The minimum atomic E-state index is 0.125. The van der Waals surface area contributed by atoms with E-state index in [9.17, 15) is 0 Å². The fourth-order valence-electron chi connectivity index (χ4n) is 1.81. The molecule has 0 radical (unpaired) electrons. The van der Waals surface area contributed by atoms with Crippen LogP contribution in [0.3, 0.4) is 0 Å². The number of allylic oxidation sites excluding steroid dienone is 1. The number of hydrogen-bond acceptors (Lipinski definition) is 8. The first-order valence-electron chi connectivity index (χ1n) is 6.27. The third kappa shape index (κ3) is 3.25. The SMILES string of the molecule is C=CSC1=C(N)N=C(/C(Cl)=C2/Oc3scnc3N=C2CCl)CO1. The van der Waals surface area contributed by atoms with Gasteiger partial charge in [0.1, 0.15) is 23.1 Å². The molecule has 3 rings (SSSR count). The van der Waals surface area contributed by atoms with Crippen LogP contribution in [0.15, 0.2) is 49.2 Å². The predicted molar refractivity (Wildman–Crippen MR) is 95.8 cm³/mol. The Labute approximate surface area is 150 Å². The summed E-state index contributed by atoms with van der Waals surface area (Å²) in [5.74, 6) is 1.19. The summed E-state index contributed by atoms with van der Waals surface area (Å²) in [5.41, 5.74) is 8.42. The minimum Gasteiger partial charge on any atom is -0.477 e. The van der Waals surface area contributed by atoms with Crippen LogP contribution in [0.1, 0.15) is 0 Å². The normalized spacial score (nSPS) is 19.2. The summed E-state index contributed by atoms with van der Waals surface area (Å²) >= 11 is 14.9. The number of hydrogen-bond donors (Lipinski definition) is 1. The maximum atomic E-state index is 6.42. The fourth-order valence-corrected chi connectivity index (χ4v) is 3.26. The van der Waals surface area contributed by atoms with Crippen molar-refractivity contribution in [2.45, 2.75) is 0 Å². The van der Waals surface area contributed by atoms with Gasteiger partial charge in [-0.15, -0.1) is 11.6 Å². The average Bonchev–Trinajstić information content (AvgIpc) is 3.02. The van der Waals surface area contributed by atoms with Crippen LogP contribution in [-0.4, -0.2) is 28.9 Å². The van der Waals surface area contributed by atoms with E-state index in [1.807, 2.05) is 0 Å². The van der Waals surface area contributed by atoms with Gasteiger partial charge in [0.15, 0.2) is 16.7 Å². The highest BCUT2D eigenvalue weighted by Crippen LogP contribution is 2.38. The number of halogens is 2. The Morgan fingerprint density at radius 3 is 3.04 bits per heavy atom. The van der Waals surface area contributed by atoms with E-state index in [2.05, 4.69) is 21.5 Å². The van der Waals surface area contributed by atoms with Crippen molar-refractivity contribution in [2.75, 3.05) is 12.5 Å². The van der Waals surface area contributed by atoms with Gasteiger partial charge >= 0.3 is 0 Å². The summed E-state index contributed by atoms with van der Waals surface area (Å²) in [6.07, 6.45) is 0. The molecule has 23 heavy (non-hydrogen) atoms. The number of aromatic nitrogens is 1. The van der Waals surface area contributed by atoms with E-state index in [1.54, 1.807) is 10.9 Å². The second-order valence-electron chi connectivity index (χ2n) is 4.21. The third-order valence-electron chi connectivity index (χ3n) is 2.79. The Hall–Kier alpha value is -1.48. The monoisotopic (exact) mass is 388 g/mol. The average molecular weight is 389 g/mol. The van der Waals surface area contributed by atoms with Gasteiger partial charge in [0.05, 0.1) is 11.4 Å². The molecule has 0 saturated heterocycles. The summed E-state index contributed by atoms with van der Waals surface area (Å²) in [5, 5.41) is 2.90. The van der Waals surface area contributed by atoms with Gasteiger partial charge in [0.2, 0.25) is 10.9 Å². The molecule has 1 aromatic heterocycles. The molecule has 120 valence electrons. The number of fused-ring (bicyclic) bond motifs is 1. The second-order valence-corrected chi connectivity index (χ2v) is 6.61. The van der Waals surface area contributed by atoms with E-state index < -0.39 is 0 Å². The zero-order chi connectivity index (χ0) is 16.4. The molecule has 2 aliphatic heterocycles. The van der Waals surface area contributed by atoms with Gasteiger partial charge in [-0.05, 0) is 5.41 Å². The molecule has 2 aliphatic rings. The van der Waals surface area contributed by atoms with Crippen molar-refractivity contribution in [2.24, 2.45) is 15.7 Å². The molecule has 0 aliphatic carbocycles. The quantitative estimate of drug-likeness (QED) is 0.794. The first-order valence-corrected chi connectivity index (χ1v) is 8.94. The summed E-state index contributed by atoms with van der Waals surface area (Å²) in [4.78, 5) is 12.7. The standard InChI is InChI=1S/C13H10Cl2N4O2S2/c1-2-22-12-10(16)18-7(4-20-12)8(15)9-6(3-14)19-11-13(21-9)23-5-17-11/h2,5H,1,3-4,16H2/b9-8-. The van der Waals surface area contributed by atoms with Crippen molar-refractivity contribution >= 4 is 63.5 Å². The van der Waals surface area contributed by atoms with Crippen molar-refractivity contribution in [3.63, 3.8) is 0 Å². The number of thioether (sulfide) groups is 1. The highest BCUT2D eigenvalue weighted by Gasteiger charge is 2.27. The van der Waals surface area contributed by atoms with Gasteiger partial charge in [0, 0.05) is 0 Å². The summed E-state index contributed by atoms with van der Waals surface area (Å²) in [6.45, 7) is 3.77. The van der Waals surface area contributed by atoms with Crippen LogP contribution in [0.2, 0.25) is 0 Å². The lowest BCUT2D eigenvalue weighted by molar-refractivity contribution is 0.280. The van der Waals surface area contributed by atoms with Crippen LogP contribution in [-0.2, 0) is 4.74 Å². The molecule has 3 heterocycles. The predicted octanol–water partition coefficient (Wildman–Crippen LogP) is 3.73. The number of nitrogens with two attached hydrogens (primary N) is 1. The lowest BCUT2D eigenvalue weighted by atomic mass is 10.2. The molecule has 0 atom stereocenters. The van der Waals surface area contributed by atoms with Crippen molar-refractivity contribution in [3.8, 4) is 5.06 Å². The summed E-state index contributed by atoms with van der Waals surface area (Å²) in [7, 11) is 0. The summed E-state index contributed by atoms with van der Waals surface area (Å²) < 4.78 is 11.3. The lowest BCUT2D eigenvalue weighted by Crippen LogP contribution is -2.23. The number of aliphatic imine (C=N–C) groups is 2. The van der Waals surface area contributed by atoms with Gasteiger partial charge in [0.25, 0.3) is 0 Å². The highest BCUT2D eigenvalue weighted by molar-refractivity contribution is 8.05. The lowest BCUT2D eigenvalue weighted by Gasteiger charge is -2.20. The molecule has 0 bridgehead atoms. The molecule has 1 aromatic rings. The maximum absolute atomic E-state index is 6.42. The number of alkyl halides is 1. The smallest absolute Gasteiger partial charge is 0.227 e. The van der Waals surface area contributed by atoms with E-state index >= 15 is 0 Å². The fraction of sp³-hybridized carbons (Fsp3) is 0.154. The first kappa shape index (κ1) is 16.4. The molecule has 0 unspecified atom stereocenters. The van der Waals surface area contributed by atoms with E-state index in [0.29, 0.717) is 33.2 Å². The van der Waals surface area contributed by atoms with Crippen LogP contribution < -0.4 is 10.5 Å². The molecule has 0 amide bonds. The number of rotatable bonds is 4. The van der Waals surface area contributed by atoms with Crippen LogP contribution in [0.25, 0.3) is 0 Å². The van der Waals surface area contributed by atoms with Crippen LogP contribution in [0.5, 0.6) is 5.06 Å². The van der Waals surface area contributed by atoms with Gasteiger partial charge in [-0.1, -0.05) is 41.3 Å². The van der Waals surface area contributed by atoms with E-state index in [0.717, 1.165) is 0 Å². The van der Waals surface area contributed by atoms with Gasteiger partial charge in [-0.25, -0.2) is 15.0 Å². The van der Waals surface area contributed by atoms with Gasteiger partial charge in [-0.2, -0.15) is 0 Å². The zero-order valence-electron chi connectivity index (χ0n) is 11.6. The van der Waals surface area contributed by atoms with E-state index in [-0.39, 0.29) is 23.3 Å².